The molecule has 0 aliphatic carbocycles. The molecular formula is C24H27F3N2O6S. The molecule has 0 bridgehead atoms. The SMILES string of the molecule is Cc1cc(CC(=O)O)cc(S(=O)(=O)N2C(C)CN(C(=O)Cc3ccc(OC(F)(F)F)cc3)CC2C)c1. The zero-order valence-corrected chi connectivity index (χ0v) is 20.8. The van der Waals surface area contributed by atoms with E-state index in [1.165, 1.54) is 33.5 Å². The first kappa shape index (κ1) is 27.5. The van der Waals surface area contributed by atoms with Crippen molar-refractivity contribution < 1.29 is 41.0 Å². The molecule has 1 heterocycles. The monoisotopic (exact) mass is 528 g/mol. The molecule has 1 aliphatic rings. The first-order chi connectivity index (χ1) is 16.7. The Morgan fingerprint density at radius 1 is 1.00 bits per heavy atom. The van der Waals surface area contributed by atoms with Crippen molar-refractivity contribution in [3.8, 4) is 5.75 Å². The number of ether oxygens (including phenoxy) is 1. The maximum absolute atomic E-state index is 13.5. The zero-order chi connectivity index (χ0) is 26.8. The van der Waals surface area contributed by atoms with E-state index >= 15 is 0 Å². The molecule has 2 aromatic rings. The molecule has 2 unspecified atom stereocenters. The van der Waals surface area contributed by atoms with Crippen LogP contribution in [0.4, 0.5) is 13.2 Å². The Hall–Kier alpha value is -3.12. The minimum atomic E-state index is -4.81. The molecule has 1 amide bonds. The Kier molecular flexibility index (Phi) is 7.99. The summed E-state index contributed by atoms with van der Waals surface area (Å²) in [6.07, 6.45) is -5.17. The van der Waals surface area contributed by atoms with Crippen molar-refractivity contribution in [2.75, 3.05) is 13.1 Å². The summed E-state index contributed by atoms with van der Waals surface area (Å²) < 4.78 is 69.1. The summed E-state index contributed by atoms with van der Waals surface area (Å²) in [6, 6.07) is 8.36. The summed E-state index contributed by atoms with van der Waals surface area (Å²) in [5, 5.41) is 9.08. The van der Waals surface area contributed by atoms with Crippen molar-refractivity contribution in [2.24, 2.45) is 0 Å². The van der Waals surface area contributed by atoms with Gasteiger partial charge in [0.05, 0.1) is 17.7 Å². The third-order valence-corrected chi connectivity index (χ3v) is 7.85. The smallest absolute Gasteiger partial charge is 0.481 e. The van der Waals surface area contributed by atoms with E-state index < -0.39 is 34.4 Å². The lowest BCUT2D eigenvalue weighted by atomic mass is 10.1. The van der Waals surface area contributed by atoms with Gasteiger partial charge in [-0.1, -0.05) is 18.2 Å². The standard InChI is InChI=1S/C24H27F3N2O6S/c1-15-8-19(12-23(31)32)10-21(9-15)36(33,34)29-16(2)13-28(14-17(29)3)22(30)11-18-4-6-20(7-5-18)35-24(25,26)27/h4-10,16-17H,11-14H2,1-3H3,(H,31,32). The third-order valence-electron chi connectivity index (χ3n) is 5.74. The maximum Gasteiger partial charge on any atom is 0.573 e. The van der Waals surface area contributed by atoms with Crippen LogP contribution >= 0.6 is 0 Å². The highest BCUT2D eigenvalue weighted by atomic mass is 32.2. The minimum absolute atomic E-state index is 0.00149. The Labute approximate surface area is 207 Å². The summed E-state index contributed by atoms with van der Waals surface area (Å²) in [4.78, 5) is 25.5. The summed E-state index contributed by atoms with van der Waals surface area (Å²) in [5.74, 6) is -1.74. The van der Waals surface area contributed by atoms with Gasteiger partial charge in [0.25, 0.3) is 0 Å². The van der Waals surface area contributed by atoms with Crippen LogP contribution in [0.3, 0.4) is 0 Å². The molecule has 12 heteroatoms. The van der Waals surface area contributed by atoms with Gasteiger partial charge in [0.1, 0.15) is 5.75 Å². The molecule has 1 fully saturated rings. The van der Waals surface area contributed by atoms with Crippen LogP contribution in [0.25, 0.3) is 0 Å². The number of hydrogen-bond acceptors (Lipinski definition) is 5. The van der Waals surface area contributed by atoms with E-state index in [1.807, 2.05) is 0 Å². The van der Waals surface area contributed by atoms with E-state index in [2.05, 4.69) is 4.74 Å². The van der Waals surface area contributed by atoms with Crippen molar-refractivity contribution in [1.82, 2.24) is 9.21 Å². The number of amides is 1. The zero-order valence-electron chi connectivity index (χ0n) is 19.9. The van der Waals surface area contributed by atoms with E-state index in [1.54, 1.807) is 26.8 Å². The van der Waals surface area contributed by atoms with Crippen LogP contribution in [0.1, 0.15) is 30.5 Å². The van der Waals surface area contributed by atoms with E-state index in [-0.39, 0.29) is 42.5 Å². The van der Waals surface area contributed by atoms with Crippen LogP contribution in [0.5, 0.6) is 5.75 Å². The highest BCUT2D eigenvalue weighted by Crippen LogP contribution is 2.28. The minimum Gasteiger partial charge on any atom is -0.481 e. The Balaban J connectivity index is 1.72. The number of aliphatic carboxylic acids is 1. The van der Waals surface area contributed by atoms with Crippen LogP contribution in [-0.2, 0) is 32.5 Å². The van der Waals surface area contributed by atoms with Gasteiger partial charge in [-0.25, -0.2) is 8.42 Å². The molecule has 2 atom stereocenters. The van der Waals surface area contributed by atoms with Crippen molar-refractivity contribution >= 4 is 21.9 Å². The van der Waals surface area contributed by atoms with Gasteiger partial charge in [0, 0.05) is 25.2 Å². The van der Waals surface area contributed by atoms with Crippen molar-refractivity contribution in [3.63, 3.8) is 0 Å². The van der Waals surface area contributed by atoms with Crippen LogP contribution < -0.4 is 4.74 Å². The molecule has 0 saturated carbocycles. The second kappa shape index (κ2) is 10.5. The molecule has 1 saturated heterocycles. The van der Waals surface area contributed by atoms with Crippen molar-refractivity contribution in [2.45, 2.75) is 57.0 Å². The molecule has 1 aliphatic heterocycles. The second-order valence-corrected chi connectivity index (χ2v) is 10.8. The predicted molar refractivity (Wildman–Crippen MR) is 124 cm³/mol. The number of hydrogen-bond donors (Lipinski definition) is 1. The molecule has 3 rings (SSSR count). The van der Waals surface area contributed by atoms with Gasteiger partial charge in [0.15, 0.2) is 0 Å². The number of benzene rings is 2. The highest BCUT2D eigenvalue weighted by molar-refractivity contribution is 7.89. The van der Waals surface area contributed by atoms with Gasteiger partial charge < -0.3 is 14.7 Å². The maximum atomic E-state index is 13.5. The third kappa shape index (κ3) is 6.76. The molecule has 0 radical (unpaired) electrons. The molecule has 0 spiro atoms. The first-order valence-electron chi connectivity index (χ1n) is 11.1. The average Bonchev–Trinajstić information content (AvgIpc) is 2.72. The molecule has 8 nitrogen and oxygen atoms in total. The fraction of sp³-hybridized carbons (Fsp3) is 0.417. The summed E-state index contributed by atoms with van der Waals surface area (Å²) in [5.41, 5.74) is 1.49. The summed E-state index contributed by atoms with van der Waals surface area (Å²) >= 11 is 0. The lowest BCUT2D eigenvalue weighted by Gasteiger charge is -2.43. The number of alkyl halides is 3. The lowest BCUT2D eigenvalue weighted by Crippen LogP contribution is -2.59. The molecule has 1 N–H and O–H groups in total. The topological polar surface area (TPSA) is 104 Å². The molecule has 196 valence electrons. The van der Waals surface area contributed by atoms with Crippen molar-refractivity contribution in [1.29, 1.82) is 0 Å². The van der Waals surface area contributed by atoms with E-state index in [9.17, 15) is 31.2 Å². The number of sulfonamides is 1. The average molecular weight is 529 g/mol. The normalized spacial score (nSPS) is 19.2. The number of carboxylic acids is 1. The molecule has 2 aromatic carbocycles. The number of carbonyl (C=O) groups is 2. The first-order valence-corrected chi connectivity index (χ1v) is 12.6. The number of carboxylic acid groups (broad SMARTS) is 1. The fourth-order valence-electron chi connectivity index (χ4n) is 4.45. The van der Waals surface area contributed by atoms with Gasteiger partial charge in [-0.05, 0) is 61.7 Å². The van der Waals surface area contributed by atoms with E-state index in [0.29, 0.717) is 16.7 Å². The number of nitrogens with zero attached hydrogens (tertiary/aromatic N) is 2. The Morgan fingerprint density at radius 2 is 1.58 bits per heavy atom. The molecular weight excluding hydrogens is 501 g/mol. The molecule has 0 aromatic heterocycles. The van der Waals surface area contributed by atoms with Gasteiger partial charge >= 0.3 is 12.3 Å². The van der Waals surface area contributed by atoms with Crippen molar-refractivity contribution in [3.05, 3.63) is 59.2 Å². The largest absolute Gasteiger partial charge is 0.573 e. The van der Waals surface area contributed by atoms with Crippen LogP contribution in [0.15, 0.2) is 47.4 Å². The van der Waals surface area contributed by atoms with Gasteiger partial charge in [-0.2, -0.15) is 4.31 Å². The fourth-order valence-corrected chi connectivity index (χ4v) is 6.41. The molecule has 36 heavy (non-hydrogen) atoms. The van der Waals surface area contributed by atoms with E-state index in [4.69, 9.17) is 5.11 Å². The Bertz CT molecular complexity index is 1220. The van der Waals surface area contributed by atoms with Gasteiger partial charge in [-0.3, -0.25) is 9.59 Å². The number of piperazine rings is 1. The summed E-state index contributed by atoms with van der Waals surface area (Å²) in [6.45, 7) is 5.32. The van der Waals surface area contributed by atoms with Crippen LogP contribution in [0, 0.1) is 6.92 Å². The van der Waals surface area contributed by atoms with Crippen LogP contribution in [0.2, 0.25) is 0 Å². The Morgan fingerprint density at radius 3 is 2.11 bits per heavy atom. The lowest BCUT2D eigenvalue weighted by molar-refractivity contribution is -0.274. The quantitative estimate of drug-likeness (QED) is 0.591. The van der Waals surface area contributed by atoms with E-state index in [0.717, 1.165) is 12.1 Å². The summed E-state index contributed by atoms with van der Waals surface area (Å²) in [7, 11) is -3.97. The van der Waals surface area contributed by atoms with Gasteiger partial charge in [0.2, 0.25) is 15.9 Å². The van der Waals surface area contributed by atoms with Gasteiger partial charge in [-0.15, -0.1) is 13.2 Å². The predicted octanol–water partition coefficient (Wildman–Crippen LogP) is 3.37. The number of carbonyl (C=O) groups excluding carboxylic acids is 1. The van der Waals surface area contributed by atoms with Crippen LogP contribution in [-0.4, -0.2) is 66.1 Å². The highest BCUT2D eigenvalue weighted by Gasteiger charge is 2.40. The number of rotatable bonds is 7. The second-order valence-electron chi connectivity index (χ2n) is 8.93. The number of aryl methyl sites for hydroxylation is 1. The number of halogens is 3.